The number of hydrogen-bond donors (Lipinski definition) is 0. The van der Waals surface area contributed by atoms with E-state index in [0.29, 0.717) is 12.0 Å². The van der Waals surface area contributed by atoms with Crippen LogP contribution in [-0.4, -0.2) is 27.0 Å². The van der Waals surface area contributed by atoms with E-state index in [1.165, 1.54) is 23.5 Å². The highest BCUT2D eigenvalue weighted by Crippen LogP contribution is 2.41. The van der Waals surface area contributed by atoms with Crippen molar-refractivity contribution in [3.05, 3.63) is 32.6 Å². The van der Waals surface area contributed by atoms with E-state index in [-0.39, 0.29) is 17.8 Å². The van der Waals surface area contributed by atoms with Crippen molar-refractivity contribution in [2.45, 2.75) is 18.5 Å². The van der Waals surface area contributed by atoms with Gasteiger partial charge in [0.2, 0.25) is 0 Å². The van der Waals surface area contributed by atoms with E-state index >= 15 is 0 Å². The number of carbonyl (C=O) groups excluding carboxylic acids is 1. The highest BCUT2D eigenvalue weighted by atomic mass is 16.5. The topological polar surface area (TPSA) is 75.2 Å². The number of allylic oxidation sites excluding steroid dienone is 1. The molecule has 17 heavy (non-hydrogen) atoms. The van der Waals surface area contributed by atoms with Gasteiger partial charge >= 0.3 is 17.3 Å². The number of hydrogen-bond acceptors (Lipinski definition) is 4. The van der Waals surface area contributed by atoms with Crippen molar-refractivity contribution in [1.82, 2.24) is 13.9 Å². The number of fused-ring (bicyclic) bond motifs is 5. The first kappa shape index (κ1) is 10.1. The molecule has 2 aliphatic rings. The average molecular weight is 237 g/mol. The van der Waals surface area contributed by atoms with Gasteiger partial charge in [-0.3, -0.25) is 0 Å². The van der Waals surface area contributed by atoms with Crippen LogP contribution in [0.4, 0.5) is 0 Å². The Bertz CT molecular complexity index is 660. The van der Waals surface area contributed by atoms with Crippen molar-refractivity contribution in [3.63, 3.8) is 0 Å². The molecule has 1 aromatic rings. The molecule has 1 aromatic heterocycles. The fourth-order valence-electron chi connectivity index (χ4n) is 2.62. The molecule has 7 heteroatoms. The molecule has 0 radical (unpaired) electrons. The average Bonchev–Trinajstić information content (AvgIpc) is 2.96. The van der Waals surface area contributed by atoms with Gasteiger partial charge in [-0.1, -0.05) is 0 Å². The van der Waals surface area contributed by atoms with E-state index < -0.39 is 11.7 Å². The maximum atomic E-state index is 11.9. The second-order valence-corrected chi connectivity index (χ2v) is 4.25. The number of aromatic nitrogens is 3. The van der Waals surface area contributed by atoms with Gasteiger partial charge in [0.1, 0.15) is 0 Å². The Morgan fingerprint density at radius 2 is 2.00 bits per heavy atom. The molecule has 0 saturated heterocycles. The van der Waals surface area contributed by atoms with Gasteiger partial charge in [-0.2, -0.15) is 0 Å². The van der Waals surface area contributed by atoms with E-state index in [1.54, 1.807) is 6.08 Å². The maximum absolute atomic E-state index is 11.9. The minimum absolute atomic E-state index is 0.213. The van der Waals surface area contributed by atoms with Gasteiger partial charge in [0.05, 0.1) is 24.8 Å². The van der Waals surface area contributed by atoms with Crippen molar-refractivity contribution in [3.8, 4) is 0 Å². The van der Waals surface area contributed by atoms with Crippen molar-refractivity contribution in [1.29, 1.82) is 0 Å². The van der Waals surface area contributed by atoms with Gasteiger partial charge in [-0.15, -0.1) is 0 Å². The third-order valence-electron chi connectivity index (χ3n) is 3.42. The van der Waals surface area contributed by atoms with Crippen LogP contribution in [-0.2, 0) is 16.6 Å². The van der Waals surface area contributed by atoms with Crippen LogP contribution in [0, 0.1) is 0 Å². The van der Waals surface area contributed by atoms with Crippen molar-refractivity contribution >= 4 is 5.97 Å². The molecule has 3 rings (SSSR count). The van der Waals surface area contributed by atoms with Crippen LogP contribution in [0.2, 0.25) is 0 Å². The van der Waals surface area contributed by atoms with Crippen LogP contribution >= 0.6 is 0 Å². The molecule has 90 valence electrons. The molecule has 0 N–H and O–H groups in total. The summed E-state index contributed by atoms with van der Waals surface area (Å²) < 4.78 is 8.46. The number of methoxy groups -OCH3 is 1. The summed E-state index contributed by atoms with van der Waals surface area (Å²) in [4.78, 5) is 35.1. The fourth-order valence-corrected chi connectivity index (χ4v) is 2.62. The highest BCUT2D eigenvalue weighted by Gasteiger charge is 2.44. The SMILES string of the molecule is COC(=O)C1=C[C@H]2C[C@@H]1n1c(=O)n(C)c(=O)n12. The van der Waals surface area contributed by atoms with Crippen LogP contribution < -0.4 is 11.4 Å². The lowest BCUT2D eigenvalue weighted by atomic mass is 10.1. The molecule has 0 saturated carbocycles. The van der Waals surface area contributed by atoms with Gasteiger partial charge in [-0.05, 0) is 6.08 Å². The van der Waals surface area contributed by atoms with Gasteiger partial charge in [0, 0.05) is 13.5 Å². The van der Waals surface area contributed by atoms with Crippen molar-refractivity contribution in [2.75, 3.05) is 7.11 Å². The van der Waals surface area contributed by atoms with Crippen LogP contribution in [0.15, 0.2) is 21.2 Å². The summed E-state index contributed by atoms with van der Waals surface area (Å²) in [5.74, 6) is -0.438. The smallest absolute Gasteiger partial charge is 0.347 e. The minimum Gasteiger partial charge on any atom is -0.466 e. The Morgan fingerprint density at radius 3 is 2.65 bits per heavy atom. The Balaban J connectivity index is 2.20. The monoisotopic (exact) mass is 237 g/mol. The summed E-state index contributed by atoms with van der Waals surface area (Å²) >= 11 is 0. The fraction of sp³-hybridized carbons (Fsp3) is 0.500. The maximum Gasteiger partial charge on any atom is 0.347 e. The lowest BCUT2D eigenvalue weighted by Crippen LogP contribution is -2.29. The van der Waals surface area contributed by atoms with E-state index in [2.05, 4.69) is 4.74 Å². The lowest BCUT2D eigenvalue weighted by Gasteiger charge is -2.14. The summed E-state index contributed by atoms with van der Waals surface area (Å²) in [5, 5.41) is 0. The summed E-state index contributed by atoms with van der Waals surface area (Å²) in [6.45, 7) is 0. The second kappa shape index (κ2) is 2.99. The number of ether oxygens (including phenoxy) is 1. The zero-order chi connectivity index (χ0) is 12.3. The first-order valence-electron chi connectivity index (χ1n) is 5.26. The molecule has 0 aromatic carbocycles. The van der Waals surface area contributed by atoms with Crippen molar-refractivity contribution < 1.29 is 9.53 Å². The second-order valence-electron chi connectivity index (χ2n) is 4.25. The predicted octanol–water partition coefficient (Wildman–Crippen LogP) is -1.05. The van der Waals surface area contributed by atoms with Gasteiger partial charge in [-0.25, -0.2) is 28.3 Å². The zero-order valence-corrected chi connectivity index (χ0v) is 9.41. The Labute approximate surface area is 95.5 Å². The highest BCUT2D eigenvalue weighted by molar-refractivity contribution is 5.90. The molecule has 0 amide bonds. The first-order chi connectivity index (χ1) is 8.06. The molecule has 2 atom stereocenters. The largest absolute Gasteiger partial charge is 0.466 e. The van der Waals surface area contributed by atoms with Crippen LogP contribution in [0.5, 0.6) is 0 Å². The van der Waals surface area contributed by atoms with E-state index in [0.717, 1.165) is 4.57 Å². The number of nitrogens with zero attached hydrogens (tertiary/aromatic N) is 3. The van der Waals surface area contributed by atoms with Crippen LogP contribution in [0.3, 0.4) is 0 Å². The zero-order valence-electron chi connectivity index (χ0n) is 9.41. The van der Waals surface area contributed by atoms with Crippen LogP contribution in [0.1, 0.15) is 18.5 Å². The minimum atomic E-state index is -0.438. The molecule has 0 unspecified atom stereocenters. The van der Waals surface area contributed by atoms with Crippen molar-refractivity contribution in [2.24, 2.45) is 7.05 Å². The number of rotatable bonds is 1. The summed E-state index contributed by atoms with van der Waals surface area (Å²) in [7, 11) is 2.73. The van der Waals surface area contributed by atoms with E-state index in [9.17, 15) is 14.4 Å². The standard InChI is InChI=1S/C10H11N3O4/c1-11-9(15)12-5-3-6(8(14)17-2)7(4-5)13(12)10(11)16/h3,5,7H,4H2,1-2H3/t5-,7-/m0/s1. The molecule has 2 bridgehead atoms. The third-order valence-corrected chi connectivity index (χ3v) is 3.42. The van der Waals surface area contributed by atoms with E-state index in [4.69, 9.17) is 0 Å². The Morgan fingerprint density at radius 1 is 1.35 bits per heavy atom. The van der Waals surface area contributed by atoms with E-state index in [1.807, 2.05) is 0 Å². The summed E-state index contributed by atoms with van der Waals surface area (Å²) in [6, 6.07) is -0.579. The first-order valence-corrected chi connectivity index (χ1v) is 5.26. The third kappa shape index (κ3) is 1.03. The molecule has 2 heterocycles. The predicted molar refractivity (Wildman–Crippen MR) is 56.7 cm³/mol. The number of carbonyl (C=O) groups is 1. The van der Waals surface area contributed by atoms with Gasteiger partial charge in [0.15, 0.2) is 0 Å². The Hall–Kier alpha value is -2.05. The molecule has 0 spiro atoms. The summed E-state index contributed by atoms with van der Waals surface area (Å²) in [6.07, 6.45) is 2.28. The Kier molecular flexibility index (Phi) is 1.78. The molecule has 7 nitrogen and oxygen atoms in total. The lowest BCUT2D eigenvalue weighted by molar-refractivity contribution is -0.136. The van der Waals surface area contributed by atoms with Gasteiger partial charge < -0.3 is 4.74 Å². The molecule has 0 fully saturated rings. The molecule has 1 aliphatic heterocycles. The van der Waals surface area contributed by atoms with Crippen LogP contribution in [0.25, 0.3) is 0 Å². The quantitative estimate of drug-likeness (QED) is 0.584. The molecular formula is C10H11N3O4. The summed E-state index contributed by atoms with van der Waals surface area (Å²) in [5.41, 5.74) is -0.273. The molecule has 1 aliphatic carbocycles. The van der Waals surface area contributed by atoms with Gasteiger partial charge in [0.25, 0.3) is 0 Å². The molecular weight excluding hydrogens is 226 g/mol. The number of esters is 1. The normalized spacial score (nSPS) is 24.7.